The molecule has 28 heavy (non-hydrogen) atoms. The smallest absolute Gasteiger partial charge is 0.252 e. The molecule has 0 aliphatic heterocycles. The minimum absolute atomic E-state index is 0.198. The van der Waals surface area contributed by atoms with Crippen molar-refractivity contribution in [1.29, 1.82) is 0 Å². The third-order valence-corrected chi connectivity index (χ3v) is 4.26. The number of nitrogens with zero attached hydrogens (tertiary/aromatic N) is 6. The lowest BCUT2D eigenvalue weighted by Gasteiger charge is -2.04. The maximum atomic E-state index is 11.4. The summed E-state index contributed by atoms with van der Waals surface area (Å²) in [6.07, 6.45) is 5.75. The maximum Gasteiger partial charge on any atom is 0.252 e. The second kappa shape index (κ2) is 7.39. The predicted molar refractivity (Wildman–Crippen MR) is 104 cm³/mol. The Morgan fingerprint density at radius 3 is 2.71 bits per heavy atom. The molecule has 4 aromatic rings. The van der Waals surface area contributed by atoms with Gasteiger partial charge in [-0.3, -0.25) is 9.48 Å². The summed E-state index contributed by atoms with van der Waals surface area (Å²) in [4.78, 5) is 27.1. The van der Waals surface area contributed by atoms with Crippen LogP contribution < -0.4 is 11.3 Å². The topological polar surface area (TPSA) is 128 Å². The van der Waals surface area contributed by atoms with Crippen molar-refractivity contribution in [2.24, 2.45) is 0 Å². The average Bonchev–Trinajstić information content (AvgIpc) is 3.15. The monoisotopic (exact) mass is 374 g/mol. The van der Waals surface area contributed by atoms with E-state index in [1.54, 1.807) is 23.3 Å². The molecule has 0 atom stereocenters. The van der Waals surface area contributed by atoms with E-state index in [1.165, 1.54) is 6.07 Å². The number of hydrogen-bond donors (Lipinski definition) is 2. The van der Waals surface area contributed by atoms with Crippen molar-refractivity contribution in [3.05, 3.63) is 70.7 Å². The molecule has 3 aromatic heterocycles. The summed E-state index contributed by atoms with van der Waals surface area (Å²) in [5, 5.41) is 8.28. The molecule has 0 aliphatic carbocycles. The molecule has 0 amide bonds. The average molecular weight is 374 g/mol. The van der Waals surface area contributed by atoms with Crippen LogP contribution in [-0.4, -0.2) is 34.9 Å². The highest BCUT2D eigenvalue weighted by Gasteiger charge is 2.09. The molecular weight excluding hydrogens is 356 g/mol. The zero-order valence-corrected chi connectivity index (χ0v) is 15.2. The lowest BCUT2D eigenvalue weighted by molar-refractivity contribution is 0.577. The molecule has 0 bridgehead atoms. The Balaban J connectivity index is 1.48. The molecule has 0 fully saturated rings. The van der Waals surface area contributed by atoms with Gasteiger partial charge in [-0.1, -0.05) is 29.5 Å². The molecule has 0 unspecified atom stereocenters. The highest BCUT2D eigenvalue weighted by Crippen LogP contribution is 2.21. The van der Waals surface area contributed by atoms with Crippen molar-refractivity contribution in [2.45, 2.75) is 19.9 Å². The summed E-state index contributed by atoms with van der Waals surface area (Å²) in [6.45, 7) is 2.53. The standard InChI is InChI=1S/C19H18N8O/c1-12-4-2-3-5-14(12)19-21-9-13(10-22-19)15-11-27(26-25-15)7-6-17-23-16(20)8-18(28)24-17/h2-5,8-11H,6-7H2,1H3,(H3,20,23,24,28). The summed E-state index contributed by atoms with van der Waals surface area (Å²) < 4.78 is 1.67. The summed E-state index contributed by atoms with van der Waals surface area (Å²) in [7, 11) is 0. The van der Waals surface area contributed by atoms with Gasteiger partial charge in [0.15, 0.2) is 5.82 Å². The first-order valence-corrected chi connectivity index (χ1v) is 8.73. The van der Waals surface area contributed by atoms with Crippen LogP contribution in [0.1, 0.15) is 11.4 Å². The van der Waals surface area contributed by atoms with Gasteiger partial charge in [0.1, 0.15) is 17.3 Å². The van der Waals surface area contributed by atoms with Crippen LogP contribution in [0.25, 0.3) is 22.6 Å². The van der Waals surface area contributed by atoms with E-state index in [1.807, 2.05) is 31.2 Å². The van der Waals surface area contributed by atoms with E-state index < -0.39 is 0 Å². The van der Waals surface area contributed by atoms with Crippen LogP contribution in [0.5, 0.6) is 0 Å². The molecule has 0 saturated carbocycles. The second-order valence-electron chi connectivity index (χ2n) is 6.34. The van der Waals surface area contributed by atoms with Crippen molar-refractivity contribution in [3.63, 3.8) is 0 Å². The maximum absolute atomic E-state index is 11.4. The van der Waals surface area contributed by atoms with Gasteiger partial charge >= 0.3 is 0 Å². The number of aromatic amines is 1. The lowest BCUT2D eigenvalue weighted by atomic mass is 10.1. The Morgan fingerprint density at radius 1 is 1.18 bits per heavy atom. The van der Waals surface area contributed by atoms with E-state index in [0.29, 0.717) is 30.3 Å². The van der Waals surface area contributed by atoms with Crippen molar-refractivity contribution in [1.82, 2.24) is 34.9 Å². The van der Waals surface area contributed by atoms with Gasteiger partial charge in [0.25, 0.3) is 5.56 Å². The number of hydrogen-bond acceptors (Lipinski definition) is 7. The normalized spacial score (nSPS) is 10.9. The van der Waals surface area contributed by atoms with Crippen molar-refractivity contribution < 1.29 is 0 Å². The van der Waals surface area contributed by atoms with E-state index >= 15 is 0 Å². The molecule has 9 heteroatoms. The minimum atomic E-state index is -0.271. The summed E-state index contributed by atoms with van der Waals surface area (Å²) in [5.74, 6) is 1.38. The van der Waals surface area contributed by atoms with Crippen LogP contribution in [0.15, 0.2) is 53.7 Å². The molecular formula is C19H18N8O. The van der Waals surface area contributed by atoms with Gasteiger partial charge in [0.2, 0.25) is 0 Å². The van der Waals surface area contributed by atoms with Crippen LogP contribution in [-0.2, 0) is 13.0 Å². The van der Waals surface area contributed by atoms with E-state index in [4.69, 9.17) is 5.73 Å². The van der Waals surface area contributed by atoms with Crippen LogP contribution in [0.3, 0.4) is 0 Å². The fraction of sp³-hybridized carbons (Fsp3) is 0.158. The van der Waals surface area contributed by atoms with Crippen LogP contribution >= 0.6 is 0 Å². The number of benzene rings is 1. The minimum Gasteiger partial charge on any atom is -0.383 e. The zero-order valence-electron chi connectivity index (χ0n) is 15.2. The van der Waals surface area contributed by atoms with Crippen LogP contribution in [0, 0.1) is 6.92 Å². The molecule has 0 radical (unpaired) electrons. The molecule has 3 heterocycles. The van der Waals surface area contributed by atoms with Gasteiger partial charge in [0.05, 0.1) is 6.20 Å². The molecule has 0 spiro atoms. The molecule has 1 aromatic carbocycles. The van der Waals surface area contributed by atoms with Gasteiger partial charge in [-0.05, 0) is 12.5 Å². The van der Waals surface area contributed by atoms with Gasteiger partial charge in [0, 0.05) is 42.6 Å². The molecule has 4 rings (SSSR count). The van der Waals surface area contributed by atoms with E-state index in [2.05, 4.69) is 30.2 Å². The number of aryl methyl sites for hydroxylation is 3. The third kappa shape index (κ3) is 3.78. The first-order chi connectivity index (χ1) is 13.6. The Morgan fingerprint density at radius 2 is 1.96 bits per heavy atom. The Bertz CT molecular complexity index is 1160. The highest BCUT2D eigenvalue weighted by atomic mass is 16.1. The van der Waals surface area contributed by atoms with Gasteiger partial charge in [-0.2, -0.15) is 0 Å². The van der Waals surface area contributed by atoms with Crippen molar-refractivity contribution in [2.75, 3.05) is 5.73 Å². The Hall–Kier alpha value is -3.88. The third-order valence-electron chi connectivity index (χ3n) is 4.26. The number of nitrogen functional groups attached to an aromatic ring is 1. The number of rotatable bonds is 5. The number of aromatic nitrogens is 7. The van der Waals surface area contributed by atoms with Crippen molar-refractivity contribution >= 4 is 5.82 Å². The SMILES string of the molecule is Cc1ccccc1-c1ncc(-c2cn(CCc3nc(N)cc(=O)[nH]3)nn2)cn1. The van der Waals surface area contributed by atoms with Gasteiger partial charge in [-0.25, -0.2) is 15.0 Å². The number of H-pyrrole nitrogens is 1. The first-order valence-electron chi connectivity index (χ1n) is 8.73. The summed E-state index contributed by atoms with van der Waals surface area (Å²) >= 11 is 0. The van der Waals surface area contributed by atoms with Gasteiger partial charge < -0.3 is 10.7 Å². The molecule has 9 nitrogen and oxygen atoms in total. The Labute approximate surface area is 160 Å². The van der Waals surface area contributed by atoms with E-state index in [9.17, 15) is 4.79 Å². The number of nitrogens with two attached hydrogens (primary N) is 1. The zero-order chi connectivity index (χ0) is 19.5. The summed E-state index contributed by atoms with van der Waals surface area (Å²) in [6, 6.07) is 9.22. The Kier molecular flexibility index (Phi) is 4.63. The lowest BCUT2D eigenvalue weighted by Crippen LogP contribution is -2.14. The van der Waals surface area contributed by atoms with Crippen LogP contribution in [0.2, 0.25) is 0 Å². The second-order valence-corrected chi connectivity index (χ2v) is 6.34. The number of anilines is 1. The summed E-state index contributed by atoms with van der Waals surface area (Å²) in [5.41, 5.74) is 8.89. The molecule has 3 N–H and O–H groups in total. The van der Waals surface area contributed by atoms with E-state index in [-0.39, 0.29) is 11.4 Å². The largest absolute Gasteiger partial charge is 0.383 e. The quantitative estimate of drug-likeness (QED) is 0.543. The number of nitrogens with one attached hydrogen (secondary N) is 1. The molecule has 140 valence electrons. The van der Waals surface area contributed by atoms with Gasteiger partial charge in [-0.15, -0.1) is 5.10 Å². The van der Waals surface area contributed by atoms with Crippen molar-refractivity contribution in [3.8, 4) is 22.6 Å². The first kappa shape index (κ1) is 17.5. The van der Waals surface area contributed by atoms with Crippen LogP contribution in [0.4, 0.5) is 5.82 Å². The molecule has 0 aliphatic rings. The highest BCUT2D eigenvalue weighted by molar-refractivity contribution is 5.62. The fourth-order valence-electron chi connectivity index (χ4n) is 2.83. The fourth-order valence-corrected chi connectivity index (χ4v) is 2.83. The van der Waals surface area contributed by atoms with E-state index in [0.717, 1.165) is 16.7 Å². The predicted octanol–water partition coefficient (Wildman–Crippen LogP) is 1.62. The molecule has 0 saturated heterocycles.